The van der Waals surface area contributed by atoms with Crippen molar-refractivity contribution < 1.29 is 33.5 Å². The predicted molar refractivity (Wildman–Crippen MR) is 149 cm³/mol. The third-order valence-corrected chi connectivity index (χ3v) is 6.37. The molecule has 0 spiro atoms. The summed E-state index contributed by atoms with van der Waals surface area (Å²) in [6.45, 7) is 3.76. The van der Waals surface area contributed by atoms with Crippen LogP contribution in [0.5, 0.6) is 5.75 Å². The molecule has 2 N–H and O–H groups in total. The molecule has 11 heteroatoms. The van der Waals surface area contributed by atoms with Crippen molar-refractivity contribution in [3.8, 4) is 16.9 Å². The first-order valence-corrected chi connectivity index (χ1v) is 13.0. The van der Waals surface area contributed by atoms with Crippen molar-refractivity contribution in [1.82, 2.24) is 10.6 Å². The Kier molecular flexibility index (Phi) is 9.66. The molecule has 1 atom stereocenters. The fourth-order valence-corrected chi connectivity index (χ4v) is 4.45. The second-order valence-corrected chi connectivity index (χ2v) is 9.14. The number of rotatable bonds is 12. The number of hydrogen-bond donors (Lipinski definition) is 2. The van der Waals surface area contributed by atoms with E-state index in [0.717, 1.165) is 22.3 Å². The Hall–Kier alpha value is -5.19. The summed E-state index contributed by atoms with van der Waals surface area (Å²) in [5.41, 5.74) is 3.77. The van der Waals surface area contributed by atoms with Gasteiger partial charge in [0.25, 0.3) is 5.69 Å². The Morgan fingerprint density at radius 2 is 1.56 bits per heavy atom. The average Bonchev–Trinajstić information content (AvgIpc) is 3.28. The summed E-state index contributed by atoms with van der Waals surface area (Å²) in [5, 5.41) is 16.0. The normalized spacial score (nSPS) is 12.3. The monoisotopic (exact) mass is 559 g/mol. The summed E-state index contributed by atoms with van der Waals surface area (Å²) in [6.07, 6.45) is 0.591. The van der Waals surface area contributed by atoms with Crippen LogP contribution < -0.4 is 15.4 Å². The van der Waals surface area contributed by atoms with Gasteiger partial charge in [0.05, 0.1) is 4.92 Å². The summed E-state index contributed by atoms with van der Waals surface area (Å²) in [5.74, 6) is -0.599. The van der Waals surface area contributed by atoms with Crippen LogP contribution in [0, 0.1) is 10.1 Å². The van der Waals surface area contributed by atoms with E-state index in [9.17, 15) is 24.5 Å². The highest BCUT2D eigenvalue weighted by atomic mass is 16.6. The number of carbonyl (C=O) groups excluding carboxylic acids is 3. The number of hydrogen-bond acceptors (Lipinski definition) is 8. The van der Waals surface area contributed by atoms with Gasteiger partial charge in [0.15, 0.2) is 6.10 Å². The predicted octanol–water partition coefficient (Wildman–Crippen LogP) is 5.45. The summed E-state index contributed by atoms with van der Waals surface area (Å²) >= 11 is 0. The Balaban J connectivity index is 1.25. The van der Waals surface area contributed by atoms with Gasteiger partial charge in [-0.25, -0.2) is 14.4 Å². The average molecular weight is 560 g/mol. The molecule has 0 aromatic heterocycles. The minimum absolute atomic E-state index is 0.0325. The number of unbranched alkanes of at least 4 members (excludes halogenated alkanes) is 1. The first kappa shape index (κ1) is 28.8. The largest absolute Gasteiger partial charge is 0.460 e. The smallest absolute Gasteiger partial charge is 0.413 e. The van der Waals surface area contributed by atoms with Crippen molar-refractivity contribution in [3.63, 3.8) is 0 Å². The number of amides is 2. The summed E-state index contributed by atoms with van der Waals surface area (Å²) in [6, 6.07) is 19.5. The second kappa shape index (κ2) is 13.7. The molecule has 0 heterocycles. The van der Waals surface area contributed by atoms with Gasteiger partial charge in [-0.1, -0.05) is 61.2 Å². The van der Waals surface area contributed by atoms with Crippen LogP contribution in [0.15, 0.2) is 85.5 Å². The number of benzene rings is 3. The van der Waals surface area contributed by atoms with E-state index in [1.54, 1.807) is 0 Å². The Morgan fingerprint density at radius 1 is 0.927 bits per heavy atom. The lowest BCUT2D eigenvalue weighted by atomic mass is 10.1. The van der Waals surface area contributed by atoms with E-state index in [-0.39, 0.29) is 31.0 Å². The first-order valence-electron chi connectivity index (χ1n) is 13.0. The highest BCUT2D eigenvalue weighted by molar-refractivity contribution is 5.82. The Bertz CT molecular complexity index is 1380. The summed E-state index contributed by atoms with van der Waals surface area (Å²) < 4.78 is 16.0. The first-order chi connectivity index (χ1) is 19.9. The van der Waals surface area contributed by atoms with Crippen molar-refractivity contribution in [3.05, 3.63) is 107 Å². The van der Waals surface area contributed by atoms with Gasteiger partial charge in [0.2, 0.25) is 0 Å². The molecule has 0 aliphatic heterocycles. The van der Waals surface area contributed by atoms with Gasteiger partial charge < -0.3 is 24.8 Å². The zero-order chi connectivity index (χ0) is 29.2. The standard InChI is InChI=1S/C30H29N3O8/c1-2-19-39-28(34)26(32-30(36)40-21-16-14-20(15-17-21)33(37)38)13-7-8-18-31-29(35)41-27-24-11-5-3-9-22(24)23-10-4-6-12-25(23)27/h2-6,9-12,14-17,26-27H,1,7-8,13,18-19H2,(H,31,35)(H,32,36)/t26-/m1/s1. The van der Waals surface area contributed by atoms with Gasteiger partial charge in [-0.2, -0.15) is 0 Å². The number of nitrogens with zero attached hydrogens (tertiary/aromatic N) is 1. The molecule has 41 heavy (non-hydrogen) atoms. The lowest BCUT2D eigenvalue weighted by molar-refractivity contribution is -0.384. The van der Waals surface area contributed by atoms with Gasteiger partial charge in [0.1, 0.15) is 18.4 Å². The van der Waals surface area contributed by atoms with Crippen molar-refractivity contribution in [2.45, 2.75) is 31.4 Å². The number of carbonyl (C=O) groups is 3. The van der Waals surface area contributed by atoms with Crippen molar-refractivity contribution in [1.29, 1.82) is 0 Å². The lowest BCUT2D eigenvalue weighted by Crippen LogP contribution is -2.43. The van der Waals surface area contributed by atoms with E-state index >= 15 is 0 Å². The van der Waals surface area contributed by atoms with Crippen LogP contribution in [-0.2, 0) is 14.3 Å². The fraction of sp³-hybridized carbons (Fsp3) is 0.233. The van der Waals surface area contributed by atoms with Crippen molar-refractivity contribution in [2.75, 3.05) is 13.2 Å². The number of nitrogens with one attached hydrogen (secondary N) is 2. The maximum atomic E-state index is 12.6. The number of esters is 1. The van der Waals surface area contributed by atoms with Crippen LogP contribution in [0.25, 0.3) is 11.1 Å². The van der Waals surface area contributed by atoms with Crippen LogP contribution in [0.4, 0.5) is 15.3 Å². The molecule has 11 nitrogen and oxygen atoms in total. The topological polar surface area (TPSA) is 146 Å². The molecule has 2 amide bonds. The molecule has 212 valence electrons. The number of nitro benzene ring substituents is 1. The van der Waals surface area contributed by atoms with Crippen molar-refractivity contribution >= 4 is 23.8 Å². The molecule has 0 fully saturated rings. The maximum Gasteiger partial charge on any atom is 0.413 e. The van der Waals surface area contributed by atoms with E-state index < -0.39 is 35.2 Å². The van der Waals surface area contributed by atoms with E-state index in [1.165, 1.54) is 30.3 Å². The second-order valence-electron chi connectivity index (χ2n) is 9.14. The number of alkyl carbamates (subject to hydrolysis) is 1. The molecule has 4 rings (SSSR count). The van der Waals surface area contributed by atoms with Gasteiger partial charge in [0, 0.05) is 29.8 Å². The van der Waals surface area contributed by atoms with Gasteiger partial charge >= 0.3 is 18.2 Å². The zero-order valence-corrected chi connectivity index (χ0v) is 22.1. The SMILES string of the molecule is C=CCOC(=O)[C@@H](CCCCNC(=O)OC1c2ccccc2-c2ccccc21)NC(=O)Oc1ccc([N+](=O)[O-])cc1. The van der Waals surface area contributed by atoms with Crippen LogP contribution >= 0.6 is 0 Å². The van der Waals surface area contributed by atoms with Crippen LogP contribution in [0.1, 0.15) is 36.5 Å². The number of fused-ring (bicyclic) bond motifs is 3. The number of nitro groups is 1. The minimum Gasteiger partial charge on any atom is -0.460 e. The molecule has 3 aromatic carbocycles. The van der Waals surface area contributed by atoms with E-state index in [4.69, 9.17) is 14.2 Å². The molecular formula is C30H29N3O8. The molecule has 0 saturated heterocycles. The summed E-state index contributed by atoms with van der Waals surface area (Å²) in [7, 11) is 0. The maximum absolute atomic E-state index is 12.6. The Labute approximate surface area is 236 Å². The zero-order valence-electron chi connectivity index (χ0n) is 22.1. The molecule has 3 aromatic rings. The third-order valence-electron chi connectivity index (χ3n) is 6.37. The fourth-order valence-electron chi connectivity index (χ4n) is 4.45. The molecule has 1 aliphatic rings. The highest BCUT2D eigenvalue weighted by Crippen LogP contribution is 2.44. The van der Waals surface area contributed by atoms with Gasteiger partial charge in [-0.05, 0) is 42.5 Å². The lowest BCUT2D eigenvalue weighted by Gasteiger charge is -2.17. The van der Waals surface area contributed by atoms with Crippen molar-refractivity contribution in [2.24, 2.45) is 0 Å². The van der Waals surface area contributed by atoms with E-state index in [1.807, 2.05) is 48.5 Å². The molecule has 1 aliphatic carbocycles. The van der Waals surface area contributed by atoms with Gasteiger partial charge in [-0.15, -0.1) is 0 Å². The molecule has 0 radical (unpaired) electrons. The molecule has 0 saturated carbocycles. The third kappa shape index (κ3) is 7.47. The van der Waals surface area contributed by atoms with E-state index in [2.05, 4.69) is 17.2 Å². The van der Waals surface area contributed by atoms with Crippen LogP contribution in [0.2, 0.25) is 0 Å². The molecule has 0 unspecified atom stereocenters. The molecule has 0 bridgehead atoms. The number of non-ortho nitro benzene ring substituents is 1. The van der Waals surface area contributed by atoms with Crippen LogP contribution in [0.3, 0.4) is 0 Å². The quantitative estimate of drug-likeness (QED) is 0.0980. The highest BCUT2D eigenvalue weighted by Gasteiger charge is 2.31. The number of ether oxygens (including phenoxy) is 3. The minimum atomic E-state index is -1.01. The molecular weight excluding hydrogens is 530 g/mol. The summed E-state index contributed by atoms with van der Waals surface area (Å²) in [4.78, 5) is 47.6. The van der Waals surface area contributed by atoms with E-state index in [0.29, 0.717) is 12.8 Å². The van der Waals surface area contributed by atoms with Gasteiger partial charge in [-0.3, -0.25) is 10.1 Å². The van der Waals surface area contributed by atoms with Crippen LogP contribution in [-0.4, -0.2) is 42.3 Å². The Morgan fingerprint density at radius 3 is 2.17 bits per heavy atom.